The van der Waals surface area contributed by atoms with E-state index in [9.17, 15) is 9.18 Å². The van der Waals surface area contributed by atoms with Crippen LogP contribution in [0, 0.1) is 11.7 Å². The van der Waals surface area contributed by atoms with Gasteiger partial charge in [0.05, 0.1) is 5.69 Å². The Morgan fingerprint density at radius 3 is 3.00 bits per heavy atom. The number of carbonyl (C=O) groups excluding carboxylic acids is 1. The summed E-state index contributed by atoms with van der Waals surface area (Å²) in [5.41, 5.74) is 0.203. The van der Waals surface area contributed by atoms with Gasteiger partial charge in [0.2, 0.25) is 0 Å². The van der Waals surface area contributed by atoms with Gasteiger partial charge < -0.3 is 16.0 Å². The average Bonchev–Trinajstić information content (AvgIpc) is 2.82. The van der Waals surface area contributed by atoms with Gasteiger partial charge in [0, 0.05) is 6.54 Å². The molecule has 17 heavy (non-hydrogen) atoms. The van der Waals surface area contributed by atoms with Gasteiger partial charge in [-0.25, -0.2) is 9.18 Å². The molecular weight excluding hydrogens is 221 g/mol. The van der Waals surface area contributed by atoms with E-state index in [2.05, 4.69) is 16.0 Å². The lowest BCUT2D eigenvalue weighted by Gasteiger charge is -2.11. The Balaban J connectivity index is 1.79. The van der Waals surface area contributed by atoms with Crippen molar-refractivity contribution in [1.29, 1.82) is 0 Å². The smallest absolute Gasteiger partial charge is 0.319 e. The number of anilines is 1. The van der Waals surface area contributed by atoms with Crippen molar-refractivity contribution in [2.45, 2.75) is 6.42 Å². The third kappa shape index (κ3) is 3.42. The zero-order valence-electron chi connectivity index (χ0n) is 9.50. The first-order valence-corrected chi connectivity index (χ1v) is 5.76. The highest BCUT2D eigenvalue weighted by molar-refractivity contribution is 5.89. The summed E-state index contributed by atoms with van der Waals surface area (Å²) >= 11 is 0. The topological polar surface area (TPSA) is 53.2 Å². The second-order valence-electron chi connectivity index (χ2n) is 4.17. The molecule has 0 spiro atoms. The highest BCUT2D eigenvalue weighted by Crippen LogP contribution is 2.12. The lowest BCUT2D eigenvalue weighted by Crippen LogP contribution is -2.33. The Kier molecular flexibility index (Phi) is 3.93. The number of benzene rings is 1. The van der Waals surface area contributed by atoms with E-state index in [1.807, 2.05) is 0 Å². The van der Waals surface area contributed by atoms with Crippen LogP contribution in [0.4, 0.5) is 14.9 Å². The van der Waals surface area contributed by atoms with E-state index in [1.165, 1.54) is 12.1 Å². The third-order valence-corrected chi connectivity index (χ3v) is 2.84. The van der Waals surface area contributed by atoms with Crippen LogP contribution < -0.4 is 16.0 Å². The number of amides is 2. The number of rotatable bonds is 3. The summed E-state index contributed by atoms with van der Waals surface area (Å²) in [5.74, 6) is 0.0477. The number of carbonyl (C=O) groups is 1. The summed E-state index contributed by atoms with van der Waals surface area (Å²) in [6, 6.07) is 5.76. The van der Waals surface area contributed by atoms with Gasteiger partial charge in [-0.2, -0.15) is 0 Å². The molecule has 0 bridgehead atoms. The molecule has 1 heterocycles. The molecular formula is C12H16FN3O. The fourth-order valence-corrected chi connectivity index (χ4v) is 1.85. The lowest BCUT2D eigenvalue weighted by atomic mass is 10.1. The van der Waals surface area contributed by atoms with Crippen molar-refractivity contribution in [3.05, 3.63) is 30.1 Å². The van der Waals surface area contributed by atoms with E-state index < -0.39 is 5.82 Å². The van der Waals surface area contributed by atoms with Gasteiger partial charge in [-0.3, -0.25) is 0 Å². The molecule has 1 atom stereocenters. The van der Waals surface area contributed by atoms with Crippen LogP contribution in [0.3, 0.4) is 0 Å². The van der Waals surface area contributed by atoms with Gasteiger partial charge in [-0.1, -0.05) is 12.1 Å². The van der Waals surface area contributed by atoms with Crippen LogP contribution >= 0.6 is 0 Å². The second-order valence-corrected chi connectivity index (χ2v) is 4.17. The van der Waals surface area contributed by atoms with Crippen LogP contribution in [-0.4, -0.2) is 25.7 Å². The summed E-state index contributed by atoms with van der Waals surface area (Å²) in [5, 5.41) is 8.46. The number of hydrogen-bond acceptors (Lipinski definition) is 2. The van der Waals surface area contributed by atoms with E-state index >= 15 is 0 Å². The maximum Gasteiger partial charge on any atom is 0.319 e. The first-order chi connectivity index (χ1) is 8.25. The number of nitrogens with one attached hydrogen (secondary N) is 3. The molecule has 1 fully saturated rings. The maximum absolute atomic E-state index is 13.2. The highest BCUT2D eigenvalue weighted by Gasteiger charge is 2.15. The fraction of sp³-hybridized carbons (Fsp3) is 0.417. The number of urea groups is 1. The van der Waals surface area contributed by atoms with E-state index in [0.29, 0.717) is 12.5 Å². The van der Waals surface area contributed by atoms with Crippen molar-refractivity contribution < 1.29 is 9.18 Å². The van der Waals surface area contributed by atoms with Crippen molar-refractivity contribution in [2.75, 3.05) is 25.0 Å². The van der Waals surface area contributed by atoms with Crippen LogP contribution in [0.15, 0.2) is 24.3 Å². The van der Waals surface area contributed by atoms with E-state index in [-0.39, 0.29) is 11.7 Å². The van der Waals surface area contributed by atoms with Crippen LogP contribution in [0.5, 0.6) is 0 Å². The summed E-state index contributed by atoms with van der Waals surface area (Å²) < 4.78 is 13.2. The molecule has 5 heteroatoms. The second kappa shape index (κ2) is 5.63. The monoisotopic (exact) mass is 237 g/mol. The van der Waals surface area contributed by atoms with Crippen LogP contribution in [-0.2, 0) is 0 Å². The minimum atomic E-state index is -0.426. The normalized spacial score (nSPS) is 19.0. The fourth-order valence-electron chi connectivity index (χ4n) is 1.85. The van der Waals surface area contributed by atoms with E-state index in [0.717, 1.165) is 19.5 Å². The molecule has 1 aliphatic heterocycles. The predicted molar refractivity (Wildman–Crippen MR) is 64.4 cm³/mol. The van der Waals surface area contributed by atoms with Gasteiger partial charge in [-0.05, 0) is 37.6 Å². The lowest BCUT2D eigenvalue weighted by molar-refractivity contribution is 0.250. The Labute approximate surface area is 99.6 Å². The highest BCUT2D eigenvalue weighted by atomic mass is 19.1. The van der Waals surface area contributed by atoms with Gasteiger partial charge in [0.1, 0.15) is 5.82 Å². The molecule has 1 aromatic carbocycles. The molecule has 2 amide bonds. The zero-order valence-corrected chi connectivity index (χ0v) is 9.50. The molecule has 0 aromatic heterocycles. The quantitative estimate of drug-likeness (QED) is 0.747. The standard InChI is InChI=1S/C12H16FN3O/c13-10-3-1-2-4-11(10)16-12(17)15-8-9-5-6-14-7-9/h1-4,9,14H,5-8H2,(H2,15,16,17). The van der Waals surface area contributed by atoms with Crippen molar-refractivity contribution in [3.63, 3.8) is 0 Å². The van der Waals surface area contributed by atoms with Gasteiger partial charge >= 0.3 is 6.03 Å². The van der Waals surface area contributed by atoms with Crippen molar-refractivity contribution >= 4 is 11.7 Å². The predicted octanol–water partition coefficient (Wildman–Crippen LogP) is 1.56. The summed E-state index contributed by atoms with van der Waals surface area (Å²) in [4.78, 5) is 11.5. The molecule has 0 saturated carbocycles. The SMILES string of the molecule is O=C(NCC1CCNC1)Nc1ccccc1F. The van der Waals surface area contributed by atoms with Crippen molar-refractivity contribution in [3.8, 4) is 0 Å². The molecule has 2 rings (SSSR count). The van der Waals surface area contributed by atoms with Gasteiger partial charge in [0.25, 0.3) is 0 Å². The Morgan fingerprint density at radius 2 is 2.29 bits per heavy atom. The zero-order chi connectivity index (χ0) is 12.1. The third-order valence-electron chi connectivity index (χ3n) is 2.84. The molecule has 0 radical (unpaired) electrons. The molecule has 0 aliphatic carbocycles. The summed E-state index contributed by atoms with van der Waals surface area (Å²) in [7, 11) is 0. The Bertz CT molecular complexity index is 391. The minimum Gasteiger partial charge on any atom is -0.338 e. The largest absolute Gasteiger partial charge is 0.338 e. The molecule has 1 unspecified atom stereocenters. The average molecular weight is 237 g/mol. The molecule has 4 nitrogen and oxygen atoms in total. The summed E-state index contributed by atoms with van der Waals surface area (Å²) in [6.07, 6.45) is 1.07. The molecule has 3 N–H and O–H groups in total. The number of para-hydroxylation sites is 1. The van der Waals surface area contributed by atoms with Crippen LogP contribution in [0.1, 0.15) is 6.42 Å². The van der Waals surface area contributed by atoms with Gasteiger partial charge in [0.15, 0.2) is 0 Å². The van der Waals surface area contributed by atoms with Crippen molar-refractivity contribution in [1.82, 2.24) is 10.6 Å². The minimum absolute atomic E-state index is 0.203. The number of halogens is 1. The maximum atomic E-state index is 13.2. The molecule has 1 aromatic rings. The van der Waals surface area contributed by atoms with Crippen LogP contribution in [0.25, 0.3) is 0 Å². The summed E-state index contributed by atoms with van der Waals surface area (Å²) in [6.45, 7) is 2.55. The van der Waals surface area contributed by atoms with Gasteiger partial charge in [-0.15, -0.1) is 0 Å². The Morgan fingerprint density at radius 1 is 1.47 bits per heavy atom. The molecule has 92 valence electrons. The first-order valence-electron chi connectivity index (χ1n) is 5.76. The van der Waals surface area contributed by atoms with Crippen LogP contribution in [0.2, 0.25) is 0 Å². The van der Waals surface area contributed by atoms with E-state index in [4.69, 9.17) is 0 Å². The Hall–Kier alpha value is -1.62. The van der Waals surface area contributed by atoms with E-state index in [1.54, 1.807) is 12.1 Å². The number of hydrogen-bond donors (Lipinski definition) is 3. The molecule has 1 saturated heterocycles. The molecule has 1 aliphatic rings. The first kappa shape index (κ1) is 11.9. The van der Waals surface area contributed by atoms with Crippen molar-refractivity contribution in [2.24, 2.45) is 5.92 Å².